The summed E-state index contributed by atoms with van der Waals surface area (Å²) in [5, 5.41) is 0. The minimum absolute atomic E-state index is 0.118. The lowest BCUT2D eigenvalue weighted by molar-refractivity contribution is -0.128. The number of esters is 1. The first-order chi connectivity index (χ1) is 15.9. The second-order valence-electron chi connectivity index (χ2n) is 8.23. The van der Waals surface area contributed by atoms with Crippen LogP contribution >= 0.6 is 0 Å². The van der Waals surface area contributed by atoms with E-state index in [2.05, 4.69) is 0 Å². The van der Waals surface area contributed by atoms with Crippen LogP contribution in [0.4, 0.5) is 5.69 Å². The molecule has 6 nitrogen and oxygen atoms in total. The molecule has 0 unspecified atom stereocenters. The standard InChI is InChI=1S/C27H26N2O4/c1-19-8-10-21(11-9-19)26(31)28(2)23-12-14-24(15-13-23)33-27(32)22-6-3-5-20(17-22)18-29-16-4-7-25(29)30/h3,5-6,8-15,17H,4,7,16,18H2,1-2H3. The van der Waals surface area contributed by atoms with Gasteiger partial charge in [-0.15, -0.1) is 0 Å². The Morgan fingerprint density at radius 1 is 0.970 bits per heavy atom. The minimum Gasteiger partial charge on any atom is -0.423 e. The molecular weight excluding hydrogens is 416 g/mol. The summed E-state index contributed by atoms with van der Waals surface area (Å²) in [7, 11) is 1.71. The smallest absolute Gasteiger partial charge is 0.343 e. The van der Waals surface area contributed by atoms with E-state index >= 15 is 0 Å². The molecule has 4 rings (SSSR count). The van der Waals surface area contributed by atoms with Crippen molar-refractivity contribution in [3.8, 4) is 5.75 Å². The molecule has 1 heterocycles. The van der Waals surface area contributed by atoms with Crippen molar-refractivity contribution in [2.24, 2.45) is 0 Å². The summed E-state index contributed by atoms with van der Waals surface area (Å²) < 4.78 is 5.52. The molecule has 1 fully saturated rings. The molecule has 0 radical (unpaired) electrons. The summed E-state index contributed by atoms with van der Waals surface area (Å²) in [4.78, 5) is 40.6. The number of carbonyl (C=O) groups is 3. The quantitative estimate of drug-likeness (QED) is 0.413. The van der Waals surface area contributed by atoms with E-state index in [1.165, 1.54) is 0 Å². The SMILES string of the molecule is Cc1ccc(C(=O)N(C)c2ccc(OC(=O)c3cccc(CN4CCCC4=O)c3)cc2)cc1. The molecule has 0 atom stereocenters. The molecule has 0 aromatic heterocycles. The van der Waals surface area contributed by atoms with E-state index in [1.807, 2.05) is 25.1 Å². The Morgan fingerprint density at radius 3 is 2.36 bits per heavy atom. The Labute approximate surface area is 193 Å². The normalized spacial score (nSPS) is 13.2. The molecule has 1 saturated heterocycles. The van der Waals surface area contributed by atoms with Crippen molar-refractivity contribution >= 4 is 23.5 Å². The molecule has 6 heteroatoms. The molecule has 3 aromatic rings. The fourth-order valence-corrected chi connectivity index (χ4v) is 3.80. The maximum absolute atomic E-state index is 12.7. The zero-order valence-electron chi connectivity index (χ0n) is 18.8. The van der Waals surface area contributed by atoms with E-state index < -0.39 is 5.97 Å². The Bertz CT molecular complexity index is 1170. The van der Waals surface area contributed by atoms with E-state index in [0.717, 1.165) is 24.1 Å². The van der Waals surface area contributed by atoms with Crippen LogP contribution in [0.2, 0.25) is 0 Å². The van der Waals surface area contributed by atoms with Crippen molar-refractivity contribution in [3.05, 3.63) is 95.1 Å². The number of hydrogen-bond donors (Lipinski definition) is 0. The fourth-order valence-electron chi connectivity index (χ4n) is 3.80. The Morgan fingerprint density at radius 2 is 1.70 bits per heavy atom. The third kappa shape index (κ3) is 5.29. The van der Waals surface area contributed by atoms with Crippen LogP contribution in [0.15, 0.2) is 72.8 Å². The molecular formula is C27H26N2O4. The zero-order valence-corrected chi connectivity index (χ0v) is 18.8. The van der Waals surface area contributed by atoms with Gasteiger partial charge in [-0.1, -0.05) is 29.8 Å². The van der Waals surface area contributed by atoms with Gasteiger partial charge in [0.1, 0.15) is 5.75 Å². The van der Waals surface area contributed by atoms with E-state index in [4.69, 9.17) is 4.74 Å². The van der Waals surface area contributed by atoms with Crippen LogP contribution in [0, 0.1) is 6.92 Å². The molecule has 1 aliphatic rings. The first kappa shape index (κ1) is 22.3. The molecule has 0 aliphatic carbocycles. The van der Waals surface area contributed by atoms with Gasteiger partial charge in [0.25, 0.3) is 5.91 Å². The molecule has 3 aromatic carbocycles. The number of likely N-dealkylation sites (tertiary alicyclic amines) is 1. The molecule has 168 valence electrons. The number of aryl methyl sites for hydroxylation is 1. The van der Waals surface area contributed by atoms with Crippen molar-refractivity contribution in [3.63, 3.8) is 0 Å². The minimum atomic E-state index is -0.471. The molecule has 0 saturated carbocycles. The van der Waals surface area contributed by atoms with Crippen LogP contribution in [0.25, 0.3) is 0 Å². The van der Waals surface area contributed by atoms with E-state index in [9.17, 15) is 14.4 Å². The third-order valence-electron chi connectivity index (χ3n) is 5.75. The Kier molecular flexibility index (Phi) is 6.54. The number of nitrogens with zero attached hydrogens (tertiary/aromatic N) is 2. The lowest BCUT2D eigenvalue weighted by atomic mass is 10.1. The number of amides is 2. The van der Waals surface area contributed by atoms with Crippen LogP contribution in [-0.4, -0.2) is 36.3 Å². The highest BCUT2D eigenvalue weighted by Crippen LogP contribution is 2.22. The summed E-state index contributed by atoms with van der Waals surface area (Å²) in [5.74, 6) is -0.0524. The monoisotopic (exact) mass is 442 g/mol. The Balaban J connectivity index is 1.40. The highest BCUT2D eigenvalue weighted by atomic mass is 16.5. The first-order valence-corrected chi connectivity index (χ1v) is 10.9. The van der Waals surface area contributed by atoms with E-state index in [-0.39, 0.29) is 11.8 Å². The van der Waals surface area contributed by atoms with Gasteiger partial charge in [-0.25, -0.2) is 4.79 Å². The lowest BCUT2D eigenvalue weighted by Crippen LogP contribution is -2.26. The predicted octanol–water partition coefficient (Wildman–Crippen LogP) is 4.61. The maximum atomic E-state index is 12.7. The van der Waals surface area contributed by atoms with Gasteiger partial charge in [-0.3, -0.25) is 9.59 Å². The first-order valence-electron chi connectivity index (χ1n) is 10.9. The predicted molar refractivity (Wildman–Crippen MR) is 126 cm³/mol. The lowest BCUT2D eigenvalue weighted by Gasteiger charge is -2.18. The van der Waals surface area contributed by atoms with Crippen molar-refractivity contribution in [1.29, 1.82) is 0 Å². The van der Waals surface area contributed by atoms with Gasteiger partial charge in [0.2, 0.25) is 5.91 Å². The van der Waals surface area contributed by atoms with Gasteiger partial charge in [0.15, 0.2) is 0 Å². The number of hydrogen-bond acceptors (Lipinski definition) is 4. The van der Waals surface area contributed by atoms with Crippen molar-refractivity contribution in [2.75, 3.05) is 18.5 Å². The highest BCUT2D eigenvalue weighted by molar-refractivity contribution is 6.05. The van der Waals surface area contributed by atoms with Crippen LogP contribution in [0.1, 0.15) is 44.7 Å². The van der Waals surface area contributed by atoms with Crippen molar-refractivity contribution < 1.29 is 19.1 Å². The average Bonchev–Trinajstić information content (AvgIpc) is 3.23. The van der Waals surface area contributed by atoms with Gasteiger partial charge in [0, 0.05) is 37.8 Å². The molecule has 1 aliphatic heterocycles. The summed E-state index contributed by atoms with van der Waals surface area (Å²) in [5.41, 5.74) is 3.71. The summed E-state index contributed by atoms with van der Waals surface area (Å²) >= 11 is 0. The zero-order chi connectivity index (χ0) is 23.4. The van der Waals surface area contributed by atoms with Crippen molar-refractivity contribution in [1.82, 2.24) is 4.90 Å². The molecule has 0 spiro atoms. The van der Waals surface area contributed by atoms with Crippen LogP contribution in [-0.2, 0) is 11.3 Å². The highest BCUT2D eigenvalue weighted by Gasteiger charge is 2.20. The van der Waals surface area contributed by atoms with Gasteiger partial charge >= 0.3 is 5.97 Å². The number of anilines is 1. The second-order valence-corrected chi connectivity index (χ2v) is 8.23. The third-order valence-corrected chi connectivity index (χ3v) is 5.75. The largest absolute Gasteiger partial charge is 0.423 e. The number of ether oxygens (including phenoxy) is 1. The molecule has 33 heavy (non-hydrogen) atoms. The Hall–Kier alpha value is -3.93. The van der Waals surface area contributed by atoms with Gasteiger partial charge in [-0.05, 0) is 67.4 Å². The van der Waals surface area contributed by atoms with Gasteiger partial charge < -0.3 is 14.5 Å². The fraction of sp³-hybridized carbons (Fsp3) is 0.222. The number of rotatable bonds is 6. The van der Waals surface area contributed by atoms with Crippen molar-refractivity contribution in [2.45, 2.75) is 26.3 Å². The number of benzene rings is 3. The average molecular weight is 443 g/mol. The maximum Gasteiger partial charge on any atom is 0.343 e. The summed E-state index contributed by atoms with van der Waals surface area (Å²) in [6.45, 7) is 3.22. The molecule has 0 bridgehead atoms. The molecule has 2 amide bonds. The van der Waals surface area contributed by atoms with E-state index in [1.54, 1.807) is 71.4 Å². The van der Waals surface area contributed by atoms with Crippen LogP contribution < -0.4 is 9.64 Å². The molecule has 0 N–H and O–H groups in total. The van der Waals surface area contributed by atoms with Gasteiger partial charge in [-0.2, -0.15) is 0 Å². The summed E-state index contributed by atoms with van der Waals surface area (Å²) in [6, 6.07) is 21.4. The summed E-state index contributed by atoms with van der Waals surface area (Å²) in [6.07, 6.45) is 1.46. The topological polar surface area (TPSA) is 66.9 Å². The second kappa shape index (κ2) is 9.69. The van der Waals surface area contributed by atoms with E-state index in [0.29, 0.717) is 35.5 Å². The van der Waals surface area contributed by atoms with Crippen LogP contribution in [0.5, 0.6) is 5.75 Å². The van der Waals surface area contributed by atoms with Gasteiger partial charge in [0.05, 0.1) is 5.56 Å². The van der Waals surface area contributed by atoms with Crippen LogP contribution in [0.3, 0.4) is 0 Å². The number of carbonyl (C=O) groups excluding carboxylic acids is 3.